The Bertz CT molecular complexity index is 1170. The maximum Gasteiger partial charge on any atom is 0.257 e. The average Bonchev–Trinajstić information content (AvgIpc) is 3.01. The van der Waals surface area contributed by atoms with Gasteiger partial charge in [0.2, 0.25) is 0 Å². The molecule has 3 N–H and O–H groups in total. The van der Waals surface area contributed by atoms with E-state index >= 15 is 0 Å². The van der Waals surface area contributed by atoms with E-state index in [4.69, 9.17) is 15.7 Å². The summed E-state index contributed by atoms with van der Waals surface area (Å²) in [4.78, 5) is 22.5. The minimum Gasteiger partial charge on any atom is -0.384 e. The number of carbonyl (C=O) groups excluding carboxylic acids is 1. The van der Waals surface area contributed by atoms with Crippen LogP contribution in [0.2, 0.25) is 0 Å². The summed E-state index contributed by atoms with van der Waals surface area (Å²) in [6, 6.07) is 17.9. The molecule has 0 aliphatic rings. The Morgan fingerprint density at radius 3 is 2.41 bits per heavy atom. The molecule has 4 rings (SSSR count). The Kier molecular flexibility index (Phi) is 5.16. The van der Waals surface area contributed by atoms with Crippen molar-refractivity contribution in [1.29, 1.82) is 0 Å². The van der Waals surface area contributed by atoms with E-state index in [0.717, 1.165) is 23.9 Å². The van der Waals surface area contributed by atoms with Crippen LogP contribution in [0.5, 0.6) is 0 Å². The lowest BCUT2D eigenvalue weighted by Gasteiger charge is -2.11. The van der Waals surface area contributed by atoms with Crippen LogP contribution in [0.15, 0.2) is 54.6 Å². The van der Waals surface area contributed by atoms with Gasteiger partial charge in [-0.3, -0.25) is 4.79 Å². The van der Waals surface area contributed by atoms with Crippen molar-refractivity contribution in [2.75, 3.05) is 5.73 Å². The van der Waals surface area contributed by atoms with Crippen LogP contribution in [0.4, 0.5) is 5.82 Å². The van der Waals surface area contributed by atoms with E-state index < -0.39 is 0 Å². The zero-order chi connectivity index (χ0) is 20.4. The molecule has 0 bridgehead atoms. The van der Waals surface area contributed by atoms with Gasteiger partial charge in [0.25, 0.3) is 5.91 Å². The molecule has 2 aromatic heterocycles. The topological polar surface area (TPSA) is 85.8 Å². The van der Waals surface area contributed by atoms with Gasteiger partial charge in [0.05, 0.1) is 11.0 Å². The van der Waals surface area contributed by atoms with E-state index in [9.17, 15) is 4.79 Å². The SMILES string of the molecule is CC[C@@H](C)NC(=O)c1c(N)n(CCc2ccccc2)c2nc3ccccc3nc12. The zero-order valence-electron chi connectivity index (χ0n) is 16.7. The van der Waals surface area contributed by atoms with Crippen LogP contribution in [0.1, 0.15) is 36.2 Å². The summed E-state index contributed by atoms with van der Waals surface area (Å²) in [5.74, 6) is 0.205. The van der Waals surface area contributed by atoms with Gasteiger partial charge in [-0.25, -0.2) is 9.97 Å². The van der Waals surface area contributed by atoms with Gasteiger partial charge in [0, 0.05) is 12.6 Å². The molecule has 0 fully saturated rings. The number of aromatic nitrogens is 3. The van der Waals surface area contributed by atoms with Crippen molar-refractivity contribution >= 4 is 33.9 Å². The highest BCUT2D eigenvalue weighted by atomic mass is 16.1. The fourth-order valence-electron chi connectivity index (χ4n) is 3.45. The number of amides is 1. The molecule has 0 radical (unpaired) electrons. The predicted molar refractivity (Wildman–Crippen MR) is 117 cm³/mol. The number of carbonyl (C=O) groups is 1. The summed E-state index contributed by atoms with van der Waals surface area (Å²) >= 11 is 0. The quantitative estimate of drug-likeness (QED) is 0.525. The van der Waals surface area contributed by atoms with Crippen LogP contribution >= 0.6 is 0 Å². The van der Waals surface area contributed by atoms with Crippen LogP contribution < -0.4 is 11.1 Å². The maximum atomic E-state index is 13.0. The molecular weight excluding hydrogens is 362 g/mol. The number of nitrogens with one attached hydrogen (secondary N) is 1. The lowest BCUT2D eigenvalue weighted by atomic mass is 10.1. The maximum absolute atomic E-state index is 13.0. The molecular formula is C23H25N5O. The molecule has 0 saturated carbocycles. The third kappa shape index (κ3) is 3.66. The molecule has 29 heavy (non-hydrogen) atoms. The van der Waals surface area contributed by atoms with Gasteiger partial charge in [-0.05, 0) is 37.5 Å². The largest absolute Gasteiger partial charge is 0.384 e. The summed E-state index contributed by atoms with van der Waals surface area (Å²) in [5, 5.41) is 3.01. The molecule has 4 aromatic rings. The first-order valence-electron chi connectivity index (χ1n) is 9.97. The van der Waals surface area contributed by atoms with E-state index in [1.807, 2.05) is 60.9 Å². The van der Waals surface area contributed by atoms with Crippen molar-refractivity contribution in [3.63, 3.8) is 0 Å². The first-order valence-corrected chi connectivity index (χ1v) is 9.97. The fraction of sp³-hybridized carbons (Fsp3) is 0.261. The Morgan fingerprint density at radius 1 is 1.07 bits per heavy atom. The van der Waals surface area contributed by atoms with Gasteiger partial charge in [-0.1, -0.05) is 49.4 Å². The Balaban J connectivity index is 1.83. The van der Waals surface area contributed by atoms with Crippen LogP contribution in [-0.2, 0) is 13.0 Å². The Morgan fingerprint density at radius 2 is 1.72 bits per heavy atom. The fourth-order valence-corrected chi connectivity index (χ4v) is 3.45. The normalized spacial score (nSPS) is 12.3. The van der Waals surface area contributed by atoms with Crippen LogP contribution in [0.25, 0.3) is 22.2 Å². The van der Waals surface area contributed by atoms with Crippen LogP contribution in [-0.4, -0.2) is 26.5 Å². The molecule has 0 aliphatic carbocycles. The van der Waals surface area contributed by atoms with Crippen molar-refractivity contribution in [2.24, 2.45) is 0 Å². The number of nitrogens with two attached hydrogens (primary N) is 1. The highest BCUT2D eigenvalue weighted by Gasteiger charge is 2.24. The summed E-state index contributed by atoms with van der Waals surface area (Å²) in [6.45, 7) is 4.63. The molecule has 1 amide bonds. The van der Waals surface area contributed by atoms with Crippen molar-refractivity contribution < 1.29 is 4.79 Å². The van der Waals surface area contributed by atoms with Gasteiger partial charge in [-0.2, -0.15) is 0 Å². The van der Waals surface area contributed by atoms with Gasteiger partial charge >= 0.3 is 0 Å². The molecule has 6 heteroatoms. The highest BCUT2D eigenvalue weighted by molar-refractivity contribution is 6.10. The third-order valence-electron chi connectivity index (χ3n) is 5.28. The Hall–Kier alpha value is -3.41. The predicted octanol–water partition coefficient (Wildman–Crippen LogP) is 3.94. The number of aryl methyl sites for hydroxylation is 2. The third-order valence-corrected chi connectivity index (χ3v) is 5.28. The minimum absolute atomic E-state index is 0.0537. The standard InChI is InChI=1S/C23H25N5O/c1-3-15(2)25-23(29)19-20-22(27-18-12-8-7-11-17(18)26-20)28(21(19)24)14-13-16-9-5-4-6-10-16/h4-12,15H,3,13-14,24H2,1-2H3,(H,25,29)/t15-/m1/s1. The number of rotatable bonds is 6. The molecule has 2 aromatic carbocycles. The number of hydrogen-bond donors (Lipinski definition) is 2. The molecule has 0 unspecified atom stereocenters. The number of hydrogen-bond acceptors (Lipinski definition) is 4. The molecule has 1 atom stereocenters. The van der Waals surface area contributed by atoms with Crippen molar-refractivity contribution in [1.82, 2.24) is 19.9 Å². The van der Waals surface area contributed by atoms with E-state index in [1.165, 1.54) is 5.56 Å². The zero-order valence-corrected chi connectivity index (χ0v) is 16.7. The minimum atomic E-state index is -0.204. The Labute approximate surface area is 169 Å². The summed E-state index contributed by atoms with van der Waals surface area (Å²) in [6.07, 6.45) is 1.63. The lowest BCUT2D eigenvalue weighted by Crippen LogP contribution is -2.32. The van der Waals surface area contributed by atoms with E-state index in [-0.39, 0.29) is 11.9 Å². The van der Waals surface area contributed by atoms with Gasteiger partial charge in [-0.15, -0.1) is 0 Å². The molecule has 0 spiro atoms. The lowest BCUT2D eigenvalue weighted by molar-refractivity contribution is 0.0941. The van der Waals surface area contributed by atoms with E-state index in [2.05, 4.69) is 17.4 Å². The second-order valence-corrected chi connectivity index (χ2v) is 7.31. The molecule has 148 valence electrons. The monoisotopic (exact) mass is 387 g/mol. The van der Waals surface area contributed by atoms with Crippen molar-refractivity contribution in [2.45, 2.75) is 39.3 Å². The number of fused-ring (bicyclic) bond motifs is 2. The average molecular weight is 387 g/mol. The number of para-hydroxylation sites is 2. The molecule has 0 aliphatic heterocycles. The van der Waals surface area contributed by atoms with Gasteiger partial charge < -0.3 is 15.6 Å². The van der Waals surface area contributed by atoms with Gasteiger partial charge in [0.15, 0.2) is 5.65 Å². The summed E-state index contributed by atoms with van der Waals surface area (Å²) in [7, 11) is 0. The molecule has 6 nitrogen and oxygen atoms in total. The number of nitrogen functional groups attached to an aromatic ring is 1. The molecule has 2 heterocycles. The van der Waals surface area contributed by atoms with Crippen molar-refractivity contribution in [3.8, 4) is 0 Å². The number of anilines is 1. The highest BCUT2D eigenvalue weighted by Crippen LogP contribution is 2.28. The van der Waals surface area contributed by atoms with Crippen LogP contribution in [0.3, 0.4) is 0 Å². The van der Waals surface area contributed by atoms with E-state index in [1.54, 1.807) is 0 Å². The van der Waals surface area contributed by atoms with Crippen LogP contribution in [0, 0.1) is 0 Å². The number of benzene rings is 2. The van der Waals surface area contributed by atoms with Crippen molar-refractivity contribution in [3.05, 3.63) is 65.7 Å². The molecule has 0 saturated heterocycles. The van der Waals surface area contributed by atoms with Gasteiger partial charge in [0.1, 0.15) is 16.9 Å². The smallest absolute Gasteiger partial charge is 0.257 e. The first kappa shape index (κ1) is 18.9. The summed E-state index contributed by atoms with van der Waals surface area (Å²) < 4.78 is 1.91. The number of nitrogens with zero attached hydrogens (tertiary/aromatic N) is 3. The second-order valence-electron chi connectivity index (χ2n) is 7.31. The van der Waals surface area contributed by atoms with E-state index in [0.29, 0.717) is 29.1 Å². The first-order chi connectivity index (χ1) is 14.1. The second kappa shape index (κ2) is 7.91. The summed E-state index contributed by atoms with van der Waals surface area (Å²) in [5.41, 5.74) is 10.8.